The first kappa shape index (κ1) is 26.8. The fourth-order valence-electron chi connectivity index (χ4n) is 3.01. The molecule has 0 heterocycles. The van der Waals surface area contributed by atoms with Gasteiger partial charge in [0.25, 0.3) is 11.8 Å². The quantitative estimate of drug-likeness (QED) is 0.233. The molecule has 0 saturated heterocycles. The van der Waals surface area contributed by atoms with E-state index in [0.29, 0.717) is 42.1 Å². The Bertz CT molecular complexity index is 955. The zero-order chi connectivity index (χ0) is 24.1. The number of rotatable bonds is 12. The van der Waals surface area contributed by atoms with Crippen molar-refractivity contribution in [2.24, 2.45) is 0 Å². The third-order valence-electron chi connectivity index (χ3n) is 4.71. The molecular formula is C24H30BrN3O4S. The molecule has 2 aromatic carbocycles. The maximum Gasteiger partial charge on any atom is 0.261 e. The Kier molecular flexibility index (Phi) is 11.9. The number of hydrogen-bond acceptors (Lipinski definition) is 5. The Morgan fingerprint density at radius 2 is 1.82 bits per heavy atom. The number of amides is 2. The molecule has 0 aromatic heterocycles. The Morgan fingerprint density at radius 1 is 1.03 bits per heavy atom. The predicted octanol–water partition coefficient (Wildman–Crippen LogP) is 4.65. The molecule has 2 amide bonds. The lowest BCUT2D eigenvalue weighted by Gasteiger charge is -2.15. The fraction of sp³-hybridized carbons (Fsp3) is 0.375. The number of halogens is 1. The Morgan fingerprint density at radius 3 is 2.58 bits per heavy atom. The largest absolute Gasteiger partial charge is 0.493 e. The molecule has 4 N–H and O–H groups in total. The molecule has 0 aliphatic rings. The highest BCUT2D eigenvalue weighted by Gasteiger charge is 2.17. The summed E-state index contributed by atoms with van der Waals surface area (Å²) in [7, 11) is 0. The van der Waals surface area contributed by atoms with E-state index >= 15 is 0 Å². The highest BCUT2D eigenvalue weighted by Crippen LogP contribution is 2.24. The molecule has 0 saturated carbocycles. The van der Waals surface area contributed by atoms with Crippen LogP contribution in [-0.2, 0) is 0 Å². The lowest BCUT2D eigenvalue weighted by Crippen LogP contribution is -2.35. The number of benzene rings is 2. The van der Waals surface area contributed by atoms with Crippen LogP contribution in [0.3, 0.4) is 0 Å². The summed E-state index contributed by atoms with van der Waals surface area (Å²) < 4.78 is 6.59. The molecular weight excluding hydrogens is 506 g/mol. The molecule has 178 valence electrons. The van der Waals surface area contributed by atoms with E-state index in [4.69, 9.17) is 22.1 Å². The highest BCUT2D eigenvalue weighted by atomic mass is 79.9. The minimum atomic E-state index is -0.415. The molecule has 9 heteroatoms. The van der Waals surface area contributed by atoms with Crippen molar-refractivity contribution < 1.29 is 19.4 Å². The number of unbranched alkanes of at least 4 members (excludes halogenated alkanes) is 3. The molecule has 0 aliphatic heterocycles. The van der Waals surface area contributed by atoms with Gasteiger partial charge in [0.05, 0.1) is 23.4 Å². The second kappa shape index (κ2) is 14.6. The van der Waals surface area contributed by atoms with Crippen LogP contribution >= 0.6 is 28.1 Å². The first-order valence-corrected chi connectivity index (χ1v) is 12.2. The molecule has 33 heavy (non-hydrogen) atoms. The summed E-state index contributed by atoms with van der Waals surface area (Å²) in [4.78, 5) is 25.3. The van der Waals surface area contributed by atoms with Crippen molar-refractivity contribution in [2.75, 3.05) is 25.1 Å². The van der Waals surface area contributed by atoms with E-state index in [2.05, 4.69) is 38.8 Å². The van der Waals surface area contributed by atoms with Crippen LogP contribution in [0.15, 0.2) is 46.9 Å². The van der Waals surface area contributed by atoms with Crippen molar-refractivity contribution in [3.63, 3.8) is 0 Å². The minimum absolute atomic E-state index is 0.00363. The van der Waals surface area contributed by atoms with E-state index < -0.39 is 5.91 Å². The molecule has 2 aromatic rings. The van der Waals surface area contributed by atoms with Gasteiger partial charge >= 0.3 is 0 Å². The van der Waals surface area contributed by atoms with Crippen molar-refractivity contribution in [3.05, 3.63) is 58.1 Å². The Hall–Kier alpha value is -2.49. The summed E-state index contributed by atoms with van der Waals surface area (Å²) in [5.74, 6) is -0.229. The number of hydrogen-bond donors (Lipinski definition) is 4. The first-order valence-electron chi connectivity index (χ1n) is 11.0. The normalized spacial score (nSPS) is 10.4. The van der Waals surface area contributed by atoms with Gasteiger partial charge in [-0.05, 0) is 55.4 Å². The van der Waals surface area contributed by atoms with Crippen LogP contribution in [-0.4, -0.2) is 41.8 Å². The lowest BCUT2D eigenvalue weighted by atomic mass is 10.1. The number of aliphatic hydroxyl groups is 1. The number of nitrogens with one attached hydrogen (secondary N) is 3. The molecule has 0 spiro atoms. The molecule has 0 atom stereocenters. The van der Waals surface area contributed by atoms with E-state index in [0.717, 1.165) is 30.2 Å². The zero-order valence-corrected chi connectivity index (χ0v) is 21.1. The van der Waals surface area contributed by atoms with Crippen LogP contribution in [0.5, 0.6) is 5.75 Å². The molecule has 0 radical (unpaired) electrons. The minimum Gasteiger partial charge on any atom is -0.493 e. The Balaban J connectivity index is 2.03. The van der Waals surface area contributed by atoms with Crippen LogP contribution in [0.25, 0.3) is 0 Å². The summed E-state index contributed by atoms with van der Waals surface area (Å²) >= 11 is 8.71. The van der Waals surface area contributed by atoms with Gasteiger partial charge in [-0.25, -0.2) is 0 Å². The van der Waals surface area contributed by atoms with Crippen molar-refractivity contribution in [1.82, 2.24) is 10.6 Å². The number of carbonyl (C=O) groups excluding carboxylic acids is 2. The van der Waals surface area contributed by atoms with Crippen LogP contribution < -0.4 is 20.7 Å². The van der Waals surface area contributed by atoms with E-state index in [9.17, 15) is 9.59 Å². The number of aliphatic hydroxyl groups excluding tert-OH is 1. The third-order valence-corrected chi connectivity index (χ3v) is 5.41. The predicted molar refractivity (Wildman–Crippen MR) is 138 cm³/mol. The highest BCUT2D eigenvalue weighted by molar-refractivity contribution is 9.10. The number of para-hydroxylation sites is 1. The molecule has 0 aliphatic carbocycles. The van der Waals surface area contributed by atoms with E-state index in [1.165, 1.54) is 0 Å². The SMILES string of the molecule is CCCCCCOc1ccc(Br)cc1C(=O)NC(=S)Nc1ccccc1C(=O)NCCCO. The van der Waals surface area contributed by atoms with Crippen molar-refractivity contribution in [2.45, 2.75) is 39.0 Å². The van der Waals surface area contributed by atoms with Gasteiger partial charge in [-0.15, -0.1) is 0 Å². The van der Waals surface area contributed by atoms with Crippen molar-refractivity contribution in [3.8, 4) is 5.75 Å². The summed E-state index contributed by atoms with van der Waals surface area (Å²) in [5, 5.41) is 17.3. The maximum atomic E-state index is 12.9. The van der Waals surface area contributed by atoms with Crippen LogP contribution in [0.1, 0.15) is 59.7 Å². The topological polar surface area (TPSA) is 99.7 Å². The number of carbonyl (C=O) groups is 2. The summed E-state index contributed by atoms with van der Waals surface area (Å²) in [6.07, 6.45) is 4.75. The average molecular weight is 536 g/mol. The van der Waals surface area contributed by atoms with Gasteiger partial charge in [-0.1, -0.05) is 54.2 Å². The average Bonchev–Trinajstić information content (AvgIpc) is 2.80. The second-order valence-electron chi connectivity index (χ2n) is 7.34. The molecule has 2 rings (SSSR count). The fourth-order valence-corrected chi connectivity index (χ4v) is 3.57. The molecule has 0 bridgehead atoms. The first-order chi connectivity index (χ1) is 16.0. The monoisotopic (exact) mass is 535 g/mol. The number of thiocarbonyl (C=S) groups is 1. The molecule has 7 nitrogen and oxygen atoms in total. The van der Waals surface area contributed by atoms with Crippen LogP contribution in [0.2, 0.25) is 0 Å². The number of ether oxygens (including phenoxy) is 1. The van der Waals surface area contributed by atoms with Gasteiger partial charge < -0.3 is 20.5 Å². The smallest absolute Gasteiger partial charge is 0.261 e. The van der Waals surface area contributed by atoms with Gasteiger partial charge in [-0.2, -0.15) is 0 Å². The molecule has 0 fully saturated rings. The van der Waals surface area contributed by atoms with E-state index in [-0.39, 0.29) is 17.6 Å². The number of anilines is 1. The van der Waals surface area contributed by atoms with Gasteiger partial charge in [0.2, 0.25) is 0 Å². The maximum absolute atomic E-state index is 12.9. The third kappa shape index (κ3) is 9.11. The van der Waals surface area contributed by atoms with E-state index in [1.54, 1.807) is 36.4 Å². The summed E-state index contributed by atoms with van der Waals surface area (Å²) in [6.45, 7) is 3.03. The zero-order valence-electron chi connectivity index (χ0n) is 18.7. The van der Waals surface area contributed by atoms with Crippen molar-refractivity contribution in [1.29, 1.82) is 0 Å². The van der Waals surface area contributed by atoms with Gasteiger partial charge in [0.15, 0.2) is 5.11 Å². The summed E-state index contributed by atoms with van der Waals surface area (Å²) in [6, 6.07) is 12.1. The lowest BCUT2D eigenvalue weighted by molar-refractivity contribution is 0.0949. The Labute approximate surface area is 208 Å². The van der Waals surface area contributed by atoms with Crippen LogP contribution in [0, 0.1) is 0 Å². The van der Waals surface area contributed by atoms with Gasteiger partial charge in [-0.3, -0.25) is 14.9 Å². The van der Waals surface area contributed by atoms with Gasteiger partial charge in [0.1, 0.15) is 5.75 Å². The van der Waals surface area contributed by atoms with Crippen LogP contribution in [0.4, 0.5) is 5.69 Å². The second-order valence-corrected chi connectivity index (χ2v) is 8.66. The molecule has 0 unspecified atom stereocenters. The summed E-state index contributed by atoms with van der Waals surface area (Å²) in [5.41, 5.74) is 1.20. The van der Waals surface area contributed by atoms with E-state index in [1.807, 2.05) is 6.07 Å². The van der Waals surface area contributed by atoms with Crippen molar-refractivity contribution >= 4 is 50.8 Å². The standard InChI is InChI=1S/C24H30BrN3O4S/c1-2-3-4-7-15-32-21-12-11-17(25)16-19(21)23(31)28-24(33)27-20-10-6-5-9-18(20)22(30)26-13-8-14-29/h5-6,9-12,16,29H,2-4,7-8,13-15H2,1H3,(H,26,30)(H2,27,28,31,33). The van der Waals surface area contributed by atoms with Gasteiger partial charge in [0, 0.05) is 17.6 Å².